The lowest BCUT2D eigenvalue weighted by molar-refractivity contribution is 0.609. The summed E-state index contributed by atoms with van der Waals surface area (Å²) < 4.78 is 26.1. The molecule has 0 heterocycles. The highest BCUT2D eigenvalue weighted by Crippen LogP contribution is 2.16. The number of rotatable bonds is 4. The molecule has 0 radical (unpaired) electrons. The molecular weight excluding hydrogens is 282 g/mol. The van der Waals surface area contributed by atoms with E-state index in [0.717, 1.165) is 11.0 Å². The highest BCUT2D eigenvalue weighted by molar-refractivity contribution is 7.95. The second-order valence-electron chi connectivity index (χ2n) is 3.87. The maximum Gasteiger partial charge on any atom is 0.255 e. The molecule has 0 unspecified atom stereocenters. The molecule has 2 aromatic carbocycles. The molecule has 0 aliphatic carbocycles. The molecule has 0 aromatic heterocycles. The number of nitrogens with one attached hydrogen (secondary N) is 1. The van der Waals surface area contributed by atoms with Crippen molar-refractivity contribution in [3.63, 3.8) is 0 Å². The molecule has 5 heteroatoms. The van der Waals surface area contributed by atoms with Gasteiger partial charge >= 0.3 is 0 Å². The van der Waals surface area contributed by atoms with Gasteiger partial charge in [-0.15, -0.1) is 0 Å². The Kier molecular flexibility index (Phi) is 4.24. The third kappa shape index (κ3) is 4.43. The molecule has 0 aliphatic rings. The van der Waals surface area contributed by atoms with Gasteiger partial charge in [0.25, 0.3) is 10.0 Å². The summed E-state index contributed by atoms with van der Waals surface area (Å²) in [7, 11) is -3.54. The zero-order valence-corrected chi connectivity index (χ0v) is 11.5. The first-order chi connectivity index (χ1) is 9.05. The van der Waals surface area contributed by atoms with Gasteiger partial charge in [0.05, 0.1) is 11.1 Å². The summed E-state index contributed by atoms with van der Waals surface area (Å²) in [6.45, 7) is 0. The van der Waals surface area contributed by atoms with E-state index in [-0.39, 0.29) is 0 Å². The zero-order valence-electron chi connectivity index (χ0n) is 9.95. The van der Waals surface area contributed by atoms with E-state index in [2.05, 4.69) is 4.72 Å². The van der Waals surface area contributed by atoms with Gasteiger partial charge in [0.2, 0.25) is 0 Å². The largest absolute Gasteiger partial charge is 0.280 e. The molecule has 0 spiro atoms. The maximum absolute atomic E-state index is 11.8. The minimum absolute atomic E-state index is 0.435. The van der Waals surface area contributed by atoms with Crippen LogP contribution in [0.5, 0.6) is 0 Å². The number of hydrogen-bond acceptors (Lipinski definition) is 2. The van der Waals surface area contributed by atoms with Crippen molar-refractivity contribution < 1.29 is 8.42 Å². The van der Waals surface area contributed by atoms with Crippen LogP contribution in [0.25, 0.3) is 6.08 Å². The minimum atomic E-state index is -3.54. The van der Waals surface area contributed by atoms with Crippen LogP contribution in [0.15, 0.2) is 60.0 Å². The van der Waals surface area contributed by atoms with Crippen LogP contribution in [0.2, 0.25) is 5.02 Å². The fraction of sp³-hybridized carbons (Fsp3) is 0. The molecule has 0 saturated heterocycles. The van der Waals surface area contributed by atoms with Crippen LogP contribution in [-0.4, -0.2) is 8.42 Å². The van der Waals surface area contributed by atoms with Gasteiger partial charge in [-0.2, -0.15) is 0 Å². The van der Waals surface area contributed by atoms with Crippen molar-refractivity contribution in [3.05, 3.63) is 70.6 Å². The fourth-order valence-corrected chi connectivity index (χ4v) is 2.53. The Morgan fingerprint density at radius 2 is 1.74 bits per heavy atom. The van der Waals surface area contributed by atoms with E-state index in [1.807, 2.05) is 30.3 Å². The Bertz CT molecular complexity index is 682. The quantitative estimate of drug-likeness (QED) is 0.933. The number of halogens is 1. The predicted octanol–water partition coefficient (Wildman–Crippen LogP) is 3.75. The Morgan fingerprint density at radius 1 is 1.00 bits per heavy atom. The van der Waals surface area contributed by atoms with Crippen molar-refractivity contribution in [2.45, 2.75) is 0 Å². The van der Waals surface area contributed by atoms with Crippen molar-refractivity contribution in [2.75, 3.05) is 4.72 Å². The van der Waals surface area contributed by atoms with Gasteiger partial charge in [-0.25, -0.2) is 8.42 Å². The van der Waals surface area contributed by atoms with Crippen molar-refractivity contribution >= 4 is 33.4 Å². The molecule has 2 rings (SSSR count). The lowest BCUT2D eigenvalue weighted by Gasteiger charge is -2.04. The summed E-state index contributed by atoms with van der Waals surface area (Å²) in [6.07, 6.45) is 1.53. The van der Waals surface area contributed by atoms with E-state index in [0.29, 0.717) is 10.7 Å². The summed E-state index contributed by atoms with van der Waals surface area (Å²) in [5.74, 6) is 0. The van der Waals surface area contributed by atoms with Crippen molar-refractivity contribution in [3.8, 4) is 0 Å². The van der Waals surface area contributed by atoms with Crippen molar-refractivity contribution in [1.82, 2.24) is 0 Å². The smallest absolute Gasteiger partial charge is 0.255 e. The van der Waals surface area contributed by atoms with E-state index < -0.39 is 10.0 Å². The van der Waals surface area contributed by atoms with Crippen LogP contribution in [0.3, 0.4) is 0 Å². The predicted molar refractivity (Wildman–Crippen MR) is 79.5 cm³/mol. The molecule has 1 N–H and O–H groups in total. The molecule has 0 fully saturated rings. The Labute approximate surface area is 117 Å². The summed E-state index contributed by atoms with van der Waals surface area (Å²) in [5, 5.41) is 1.61. The molecule has 0 atom stereocenters. The third-order valence-electron chi connectivity index (χ3n) is 2.32. The second-order valence-corrected chi connectivity index (χ2v) is 5.87. The van der Waals surface area contributed by atoms with Crippen molar-refractivity contribution in [1.29, 1.82) is 0 Å². The topological polar surface area (TPSA) is 46.2 Å². The minimum Gasteiger partial charge on any atom is -0.280 e. The molecule has 19 heavy (non-hydrogen) atoms. The Balaban J connectivity index is 2.13. The van der Waals surface area contributed by atoms with Crippen LogP contribution in [-0.2, 0) is 10.0 Å². The fourth-order valence-electron chi connectivity index (χ4n) is 1.48. The van der Waals surface area contributed by atoms with Gasteiger partial charge in [-0.1, -0.05) is 48.0 Å². The van der Waals surface area contributed by atoms with Crippen LogP contribution in [0.1, 0.15) is 5.56 Å². The number of sulfonamides is 1. The first-order valence-electron chi connectivity index (χ1n) is 5.57. The summed E-state index contributed by atoms with van der Waals surface area (Å²) in [6, 6.07) is 15.8. The molecular formula is C14H12ClNO2S. The van der Waals surface area contributed by atoms with E-state index in [1.165, 1.54) is 6.08 Å². The van der Waals surface area contributed by atoms with Gasteiger partial charge in [-0.3, -0.25) is 4.72 Å². The maximum atomic E-state index is 11.8. The number of benzene rings is 2. The first-order valence-corrected chi connectivity index (χ1v) is 7.49. The highest BCUT2D eigenvalue weighted by Gasteiger charge is 2.05. The normalized spacial score (nSPS) is 11.6. The van der Waals surface area contributed by atoms with Crippen LogP contribution in [0.4, 0.5) is 5.69 Å². The standard InChI is InChI=1S/C14H12ClNO2S/c15-13-7-4-8-14(11-13)16-19(17,18)10-9-12-5-2-1-3-6-12/h1-11,16H/b10-9+. The lowest BCUT2D eigenvalue weighted by atomic mass is 10.2. The number of hydrogen-bond donors (Lipinski definition) is 1. The number of anilines is 1. The van der Waals surface area contributed by atoms with Crippen LogP contribution >= 0.6 is 11.6 Å². The van der Waals surface area contributed by atoms with E-state index in [9.17, 15) is 8.42 Å². The first kappa shape index (κ1) is 13.6. The summed E-state index contributed by atoms with van der Waals surface area (Å²) in [4.78, 5) is 0. The average molecular weight is 294 g/mol. The molecule has 0 amide bonds. The van der Waals surface area contributed by atoms with Gasteiger partial charge in [0.1, 0.15) is 0 Å². The monoisotopic (exact) mass is 293 g/mol. The average Bonchev–Trinajstić information content (AvgIpc) is 2.37. The lowest BCUT2D eigenvalue weighted by Crippen LogP contribution is -2.08. The molecule has 0 bridgehead atoms. The zero-order chi connectivity index (χ0) is 13.7. The Morgan fingerprint density at radius 3 is 2.42 bits per heavy atom. The summed E-state index contributed by atoms with van der Waals surface area (Å²) >= 11 is 5.79. The Hall–Kier alpha value is -1.78. The van der Waals surface area contributed by atoms with Gasteiger partial charge < -0.3 is 0 Å². The summed E-state index contributed by atoms with van der Waals surface area (Å²) in [5.41, 5.74) is 1.25. The second kappa shape index (κ2) is 5.91. The van der Waals surface area contributed by atoms with Gasteiger partial charge in [-0.05, 0) is 29.8 Å². The van der Waals surface area contributed by atoms with Crippen LogP contribution < -0.4 is 4.72 Å². The van der Waals surface area contributed by atoms with Gasteiger partial charge in [0, 0.05) is 5.02 Å². The third-order valence-corrected chi connectivity index (χ3v) is 3.57. The SMILES string of the molecule is O=S(=O)(/C=C/c1ccccc1)Nc1cccc(Cl)c1. The van der Waals surface area contributed by atoms with Crippen LogP contribution in [0, 0.1) is 0 Å². The van der Waals surface area contributed by atoms with E-state index in [4.69, 9.17) is 11.6 Å². The van der Waals surface area contributed by atoms with Crippen molar-refractivity contribution in [2.24, 2.45) is 0 Å². The molecule has 0 saturated carbocycles. The van der Waals surface area contributed by atoms with E-state index in [1.54, 1.807) is 24.3 Å². The molecule has 2 aromatic rings. The molecule has 98 valence electrons. The highest BCUT2D eigenvalue weighted by atomic mass is 35.5. The van der Waals surface area contributed by atoms with E-state index >= 15 is 0 Å². The van der Waals surface area contributed by atoms with Gasteiger partial charge in [0.15, 0.2) is 0 Å². The molecule has 3 nitrogen and oxygen atoms in total. The molecule has 0 aliphatic heterocycles.